The topological polar surface area (TPSA) is 97.2 Å². The number of fused-ring (bicyclic) bond motifs is 1. The first-order valence-corrected chi connectivity index (χ1v) is 9.23. The lowest BCUT2D eigenvalue weighted by atomic mass is 10.3. The zero-order valence-electron chi connectivity index (χ0n) is 16.4. The maximum atomic E-state index is 12.4. The summed E-state index contributed by atoms with van der Waals surface area (Å²) in [5.41, 5.74) is -0.163. The number of rotatable bonds is 9. The number of benzene rings is 1. The summed E-state index contributed by atoms with van der Waals surface area (Å²) in [6, 6.07) is 9.59. The van der Waals surface area contributed by atoms with Gasteiger partial charge in [-0.25, -0.2) is 4.79 Å². The minimum absolute atomic E-state index is 0.366. The number of nitrogens with zero attached hydrogens (tertiary/aromatic N) is 4. The van der Waals surface area contributed by atoms with Crippen molar-refractivity contribution in [2.24, 2.45) is 7.05 Å². The number of aryl methyl sites for hydroxylation is 2. The highest BCUT2D eigenvalue weighted by atomic mass is 16.5. The molecule has 0 fully saturated rings. The Morgan fingerprint density at radius 3 is 2.68 bits per heavy atom. The van der Waals surface area contributed by atoms with Crippen molar-refractivity contribution in [3.63, 3.8) is 0 Å². The summed E-state index contributed by atoms with van der Waals surface area (Å²) in [5.74, 6) is 1.38. The fourth-order valence-corrected chi connectivity index (χ4v) is 2.91. The summed E-state index contributed by atoms with van der Waals surface area (Å²) in [6.07, 6.45) is 0.686. The minimum Gasteiger partial charge on any atom is -0.494 e. The van der Waals surface area contributed by atoms with E-state index in [1.807, 2.05) is 49.0 Å². The normalized spacial score (nSPS) is 11.3. The lowest BCUT2D eigenvalue weighted by Gasteiger charge is -2.13. The largest absolute Gasteiger partial charge is 0.494 e. The molecule has 0 spiro atoms. The molecule has 9 heteroatoms. The van der Waals surface area contributed by atoms with Crippen LogP contribution in [-0.4, -0.2) is 57.8 Å². The van der Waals surface area contributed by atoms with Crippen molar-refractivity contribution in [1.82, 2.24) is 24.0 Å². The SMILES string of the molecule is CN(C)CCNc1nc2c(c(=O)[nH]c(=O)n2C)n1CCCOc1ccccc1. The molecule has 0 aliphatic heterocycles. The number of para-hydroxylation sites is 1. The van der Waals surface area contributed by atoms with Gasteiger partial charge in [0.05, 0.1) is 6.61 Å². The van der Waals surface area contributed by atoms with Gasteiger partial charge in [0.15, 0.2) is 11.2 Å². The van der Waals surface area contributed by atoms with Gasteiger partial charge in [0, 0.05) is 26.7 Å². The van der Waals surface area contributed by atoms with Crippen LogP contribution >= 0.6 is 0 Å². The van der Waals surface area contributed by atoms with Crippen LogP contribution in [0.15, 0.2) is 39.9 Å². The van der Waals surface area contributed by atoms with Gasteiger partial charge in [-0.05, 0) is 32.6 Å². The maximum absolute atomic E-state index is 12.4. The van der Waals surface area contributed by atoms with E-state index in [0.717, 1.165) is 12.3 Å². The van der Waals surface area contributed by atoms with E-state index >= 15 is 0 Å². The quantitative estimate of drug-likeness (QED) is 0.530. The molecule has 2 heterocycles. The van der Waals surface area contributed by atoms with Crippen LogP contribution in [0.5, 0.6) is 5.75 Å². The van der Waals surface area contributed by atoms with Gasteiger partial charge in [0.1, 0.15) is 5.75 Å². The Hall–Kier alpha value is -3.07. The molecule has 2 aromatic heterocycles. The van der Waals surface area contributed by atoms with E-state index in [4.69, 9.17) is 4.74 Å². The minimum atomic E-state index is -0.477. The second kappa shape index (κ2) is 8.75. The molecule has 0 saturated heterocycles. The second-order valence-electron chi connectivity index (χ2n) is 6.82. The molecule has 0 atom stereocenters. The molecule has 150 valence electrons. The fourth-order valence-electron chi connectivity index (χ4n) is 2.91. The third-order valence-corrected chi connectivity index (χ3v) is 4.39. The molecular formula is C19H26N6O3. The molecular weight excluding hydrogens is 360 g/mol. The van der Waals surface area contributed by atoms with Crippen LogP contribution in [0.3, 0.4) is 0 Å². The Morgan fingerprint density at radius 2 is 1.96 bits per heavy atom. The van der Waals surface area contributed by atoms with Crippen LogP contribution in [0, 0.1) is 0 Å². The number of nitrogens with one attached hydrogen (secondary N) is 2. The predicted molar refractivity (Wildman–Crippen MR) is 109 cm³/mol. The van der Waals surface area contributed by atoms with Gasteiger partial charge in [-0.2, -0.15) is 4.98 Å². The van der Waals surface area contributed by atoms with Crippen LogP contribution in [0.4, 0.5) is 5.95 Å². The van der Waals surface area contributed by atoms with E-state index < -0.39 is 11.2 Å². The van der Waals surface area contributed by atoms with Crippen molar-refractivity contribution in [2.45, 2.75) is 13.0 Å². The monoisotopic (exact) mass is 386 g/mol. The van der Waals surface area contributed by atoms with Gasteiger partial charge in [0.2, 0.25) is 5.95 Å². The first kappa shape index (κ1) is 19.7. The number of aromatic nitrogens is 4. The maximum Gasteiger partial charge on any atom is 0.329 e. The Labute approximate surface area is 162 Å². The first-order valence-electron chi connectivity index (χ1n) is 9.23. The van der Waals surface area contributed by atoms with Crippen LogP contribution in [-0.2, 0) is 13.6 Å². The van der Waals surface area contributed by atoms with Crippen molar-refractivity contribution >= 4 is 17.1 Å². The van der Waals surface area contributed by atoms with E-state index in [1.54, 1.807) is 7.05 Å². The highest BCUT2D eigenvalue weighted by Crippen LogP contribution is 2.16. The molecule has 1 aromatic carbocycles. The average Bonchev–Trinajstić information content (AvgIpc) is 3.03. The molecule has 0 amide bonds. The van der Waals surface area contributed by atoms with Crippen molar-refractivity contribution in [2.75, 3.05) is 39.1 Å². The molecule has 0 aliphatic rings. The van der Waals surface area contributed by atoms with Gasteiger partial charge in [-0.1, -0.05) is 18.2 Å². The first-order chi connectivity index (χ1) is 13.5. The van der Waals surface area contributed by atoms with E-state index in [-0.39, 0.29) is 0 Å². The van der Waals surface area contributed by atoms with E-state index in [0.29, 0.717) is 43.2 Å². The molecule has 0 bridgehead atoms. The van der Waals surface area contributed by atoms with E-state index in [1.165, 1.54) is 4.57 Å². The molecule has 3 rings (SSSR count). The molecule has 3 aromatic rings. The van der Waals surface area contributed by atoms with Crippen molar-refractivity contribution < 1.29 is 4.74 Å². The average molecular weight is 386 g/mol. The number of hydrogen-bond donors (Lipinski definition) is 2. The molecule has 0 unspecified atom stereocenters. The summed E-state index contributed by atoms with van der Waals surface area (Å²) in [7, 11) is 5.57. The standard InChI is InChI=1S/C19H26N6O3/c1-23(2)12-10-20-18-21-16-15(17(26)22-19(27)24(16)3)25(18)11-7-13-28-14-8-5-4-6-9-14/h4-6,8-9H,7,10-13H2,1-3H3,(H,20,21)(H,22,26,27). The molecule has 9 nitrogen and oxygen atoms in total. The lowest BCUT2D eigenvalue weighted by Crippen LogP contribution is -2.29. The molecule has 28 heavy (non-hydrogen) atoms. The highest BCUT2D eigenvalue weighted by Gasteiger charge is 2.17. The summed E-state index contributed by atoms with van der Waals surface area (Å²) in [5, 5.41) is 3.27. The Morgan fingerprint density at radius 1 is 1.21 bits per heavy atom. The third kappa shape index (κ3) is 4.42. The number of anilines is 1. The number of hydrogen-bond acceptors (Lipinski definition) is 6. The summed E-state index contributed by atoms with van der Waals surface area (Å²) in [4.78, 5) is 33.2. The van der Waals surface area contributed by atoms with Gasteiger partial charge < -0.3 is 19.5 Å². The molecule has 0 saturated carbocycles. The van der Waals surface area contributed by atoms with Gasteiger partial charge in [-0.15, -0.1) is 0 Å². The number of H-pyrrole nitrogens is 1. The fraction of sp³-hybridized carbons (Fsp3) is 0.421. The summed E-state index contributed by atoms with van der Waals surface area (Å²) in [6.45, 7) is 2.53. The predicted octanol–water partition coefficient (Wildman–Crippen LogP) is 0.866. The Bertz CT molecular complexity index is 1040. The smallest absolute Gasteiger partial charge is 0.329 e. The van der Waals surface area contributed by atoms with Gasteiger partial charge in [-0.3, -0.25) is 14.3 Å². The van der Waals surface area contributed by atoms with Gasteiger partial charge >= 0.3 is 5.69 Å². The number of likely N-dealkylation sites (N-methyl/N-ethyl adjacent to an activating group) is 1. The van der Waals surface area contributed by atoms with Crippen LogP contribution in [0.25, 0.3) is 11.2 Å². The lowest BCUT2D eigenvalue weighted by molar-refractivity contribution is 0.303. The Kier molecular flexibility index (Phi) is 6.15. The number of ether oxygens (including phenoxy) is 1. The van der Waals surface area contributed by atoms with Gasteiger partial charge in [0.25, 0.3) is 5.56 Å². The zero-order valence-corrected chi connectivity index (χ0v) is 16.4. The second-order valence-corrected chi connectivity index (χ2v) is 6.82. The van der Waals surface area contributed by atoms with Crippen molar-refractivity contribution in [1.29, 1.82) is 0 Å². The van der Waals surface area contributed by atoms with Crippen LogP contribution in [0.2, 0.25) is 0 Å². The van der Waals surface area contributed by atoms with Crippen molar-refractivity contribution in [3.05, 3.63) is 51.2 Å². The molecule has 2 N–H and O–H groups in total. The van der Waals surface area contributed by atoms with Crippen LogP contribution < -0.4 is 21.3 Å². The highest BCUT2D eigenvalue weighted by molar-refractivity contribution is 5.74. The van der Waals surface area contributed by atoms with E-state index in [9.17, 15) is 9.59 Å². The Balaban J connectivity index is 1.81. The summed E-state index contributed by atoms with van der Waals surface area (Å²) >= 11 is 0. The summed E-state index contributed by atoms with van der Waals surface area (Å²) < 4.78 is 8.91. The number of aromatic amines is 1. The third-order valence-electron chi connectivity index (χ3n) is 4.39. The molecule has 0 radical (unpaired) electrons. The molecule has 0 aliphatic carbocycles. The van der Waals surface area contributed by atoms with Crippen molar-refractivity contribution in [3.8, 4) is 5.75 Å². The van der Waals surface area contributed by atoms with Crippen LogP contribution in [0.1, 0.15) is 6.42 Å². The zero-order chi connectivity index (χ0) is 20.1. The van der Waals surface area contributed by atoms with E-state index in [2.05, 4.69) is 20.2 Å². The number of imidazole rings is 1.